The van der Waals surface area contributed by atoms with Gasteiger partial charge in [0.05, 0.1) is 6.42 Å². The van der Waals surface area contributed by atoms with Gasteiger partial charge in [-0.3, -0.25) is 4.79 Å². The molecular weight excluding hydrogens is 237 g/mol. The van der Waals surface area contributed by atoms with Crippen molar-refractivity contribution in [3.05, 3.63) is 17.7 Å². The van der Waals surface area contributed by atoms with Gasteiger partial charge in [-0.05, 0) is 5.92 Å². The summed E-state index contributed by atoms with van der Waals surface area (Å²) in [7, 11) is 0. The summed E-state index contributed by atoms with van der Waals surface area (Å²) in [5.41, 5.74) is 0.0681. The predicted octanol–water partition coefficient (Wildman–Crippen LogP) is 2.18. The van der Waals surface area contributed by atoms with Gasteiger partial charge in [0.15, 0.2) is 0 Å². The van der Waals surface area contributed by atoms with E-state index < -0.39 is 24.4 Å². The Hall–Kier alpha value is -1.53. The average Bonchev–Trinajstić information content (AvgIpc) is 2.45. The number of hydrogen-bond donors (Lipinski definition) is 1. The van der Waals surface area contributed by atoms with E-state index in [2.05, 4.69) is 4.98 Å². The summed E-state index contributed by atoms with van der Waals surface area (Å²) in [6.45, 7) is 3.60. The topological polar surface area (TPSA) is 55.1 Å². The van der Waals surface area contributed by atoms with Crippen molar-refractivity contribution in [3.63, 3.8) is 0 Å². The molecule has 0 unspecified atom stereocenters. The number of nitrogens with zero attached hydrogens (tertiary/aromatic N) is 2. The molecule has 0 radical (unpaired) electrons. The van der Waals surface area contributed by atoms with Gasteiger partial charge in [0, 0.05) is 18.4 Å². The lowest BCUT2D eigenvalue weighted by molar-refractivity contribution is -0.148. The highest BCUT2D eigenvalue weighted by Gasteiger charge is 2.37. The van der Waals surface area contributed by atoms with Crippen LogP contribution in [0.1, 0.15) is 25.4 Å². The number of aliphatic carboxylic acids is 1. The molecule has 0 atom stereocenters. The third kappa shape index (κ3) is 3.47. The van der Waals surface area contributed by atoms with E-state index in [1.165, 1.54) is 0 Å². The lowest BCUT2D eigenvalue weighted by Crippen LogP contribution is -2.20. The molecular formula is C10H13F3N2O2. The van der Waals surface area contributed by atoms with Crippen LogP contribution in [-0.4, -0.2) is 20.6 Å². The van der Waals surface area contributed by atoms with Crippen molar-refractivity contribution in [1.29, 1.82) is 0 Å². The van der Waals surface area contributed by atoms with E-state index in [1.807, 2.05) is 0 Å². The van der Waals surface area contributed by atoms with Gasteiger partial charge in [-0.15, -0.1) is 0 Å². The molecule has 0 aliphatic rings. The second kappa shape index (κ2) is 4.77. The molecule has 0 aromatic carbocycles. The van der Waals surface area contributed by atoms with Crippen LogP contribution in [0.5, 0.6) is 0 Å². The number of halogens is 3. The normalized spacial score (nSPS) is 12.1. The van der Waals surface area contributed by atoms with Crippen LogP contribution >= 0.6 is 0 Å². The highest BCUT2D eigenvalue weighted by Crippen LogP contribution is 2.29. The number of rotatable bonds is 4. The zero-order valence-corrected chi connectivity index (χ0v) is 9.45. The standard InChI is InChI=1S/C10H13F3N2O2/c1-6(2)5-15-7(3-8(16)17)4-14-9(15)10(11,12)13/h4,6H,3,5H2,1-2H3,(H,16,17). The van der Waals surface area contributed by atoms with Crippen LogP contribution in [0, 0.1) is 5.92 Å². The summed E-state index contributed by atoms with van der Waals surface area (Å²) >= 11 is 0. The summed E-state index contributed by atoms with van der Waals surface area (Å²) < 4.78 is 38.8. The number of aromatic nitrogens is 2. The quantitative estimate of drug-likeness (QED) is 0.891. The molecule has 0 aliphatic carbocycles. The summed E-state index contributed by atoms with van der Waals surface area (Å²) in [6.07, 6.45) is -4.05. The highest BCUT2D eigenvalue weighted by molar-refractivity contribution is 5.69. The molecule has 0 bridgehead atoms. The smallest absolute Gasteiger partial charge is 0.449 e. The van der Waals surface area contributed by atoms with Gasteiger partial charge in [0.25, 0.3) is 0 Å². The van der Waals surface area contributed by atoms with Gasteiger partial charge >= 0.3 is 12.1 Å². The molecule has 4 nitrogen and oxygen atoms in total. The van der Waals surface area contributed by atoms with Crippen LogP contribution in [0.15, 0.2) is 6.20 Å². The van der Waals surface area contributed by atoms with Gasteiger partial charge in [-0.1, -0.05) is 13.8 Å². The van der Waals surface area contributed by atoms with Crippen molar-refractivity contribution < 1.29 is 23.1 Å². The van der Waals surface area contributed by atoms with Crippen LogP contribution in [0.3, 0.4) is 0 Å². The fourth-order valence-electron chi connectivity index (χ4n) is 1.50. The lowest BCUT2D eigenvalue weighted by Gasteiger charge is -2.14. The molecule has 1 N–H and O–H groups in total. The number of alkyl halides is 3. The molecule has 96 valence electrons. The zero-order valence-electron chi connectivity index (χ0n) is 9.45. The van der Waals surface area contributed by atoms with Crippen LogP contribution in [0.4, 0.5) is 13.2 Å². The Bertz CT molecular complexity index is 410. The van der Waals surface area contributed by atoms with Gasteiger partial charge in [-0.2, -0.15) is 13.2 Å². The van der Waals surface area contributed by atoms with Crippen LogP contribution in [-0.2, 0) is 23.9 Å². The molecule has 7 heteroatoms. The number of carbonyl (C=O) groups is 1. The number of hydrogen-bond acceptors (Lipinski definition) is 2. The van der Waals surface area contributed by atoms with Crippen molar-refractivity contribution in [3.8, 4) is 0 Å². The van der Waals surface area contributed by atoms with Crippen LogP contribution in [0.25, 0.3) is 0 Å². The predicted molar refractivity (Wildman–Crippen MR) is 53.4 cm³/mol. The Morgan fingerprint density at radius 1 is 1.53 bits per heavy atom. The van der Waals surface area contributed by atoms with Gasteiger partial charge < -0.3 is 9.67 Å². The largest absolute Gasteiger partial charge is 0.481 e. The second-order valence-corrected chi connectivity index (χ2v) is 4.15. The summed E-state index contributed by atoms with van der Waals surface area (Å²) in [4.78, 5) is 13.8. The van der Waals surface area contributed by atoms with E-state index >= 15 is 0 Å². The summed E-state index contributed by atoms with van der Waals surface area (Å²) in [6, 6.07) is 0. The Morgan fingerprint density at radius 3 is 2.53 bits per heavy atom. The van der Waals surface area contributed by atoms with Crippen LogP contribution in [0.2, 0.25) is 0 Å². The van der Waals surface area contributed by atoms with E-state index in [0.717, 1.165) is 10.8 Å². The fraction of sp³-hybridized carbons (Fsp3) is 0.600. The fourth-order valence-corrected chi connectivity index (χ4v) is 1.50. The van der Waals surface area contributed by atoms with Gasteiger partial charge in [-0.25, -0.2) is 4.98 Å². The Labute approximate surface area is 96.1 Å². The van der Waals surface area contributed by atoms with Crippen molar-refractivity contribution in [2.45, 2.75) is 33.0 Å². The molecule has 17 heavy (non-hydrogen) atoms. The molecule has 1 rings (SSSR count). The maximum atomic E-state index is 12.6. The third-order valence-electron chi connectivity index (χ3n) is 2.07. The van der Waals surface area contributed by atoms with Crippen molar-refractivity contribution in [2.75, 3.05) is 0 Å². The maximum Gasteiger partial charge on any atom is 0.449 e. The second-order valence-electron chi connectivity index (χ2n) is 4.15. The molecule has 0 saturated heterocycles. The summed E-state index contributed by atoms with van der Waals surface area (Å²) in [5, 5.41) is 8.62. The highest BCUT2D eigenvalue weighted by atomic mass is 19.4. The third-order valence-corrected chi connectivity index (χ3v) is 2.07. The molecule has 0 spiro atoms. The monoisotopic (exact) mass is 250 g/mol. The first-order chi connectivity index (χ1) is 7.71. The van der Waals surface area contributed by atoms with Gasteiger partial charge in [0.2, 0.25) is 5.82 Å². The van der Waals surface area contributed by atoms with E-state index in [9.17, 15) is 18.0 Å². The minimum Gasteiger partial charge on any atom is -0.481 e. The van der Waals surface area contributed by atoms with E-state index in [4.69, 9.17) is 5.11 Å². The molecule has 0 saturated carbocycles. The average molecular weight is 250 g/mol. The van der Waals surface area contributed by atoms with E-state index in [-0.39, 0.29) is 18.2 Å². The van der Waals surface area contributed by atoms with E-state index in [0.29, 0.717) is 0 Å². The number of imidazole rings is 1. The van der Waals surface area contributed by atoms with Crippen molar-refractivity contribution in [1.82, 2.24) is 9.55 Å². The molecule has 1 heterocycles. The van der Waals surface area contributed by atoms with Crippen molar-refractivity contribution >= 4 is 5.97 Å². The molecule has 1 aromatic rings. The Balaban J connectivity index is 3.15. The molecule has 0 fully saturated rings. The first-order valence-electron chi connectivity index (χ1n) is 5.05. The van der Waals surface area contributed by atoms with Crippen molar-refractivity contribution in [2.24, 2.45) is 5.92 Å². The SMILES string of the molecule is CC(C)Cn1c(CC(=O)O)cnc1C(F)(F)F. The first kappa shape index (κ1) is 13.5. The minimum atomic E-state index is -4.56. The Morgan fingerprint density at radius 2 is 2.12 bits per heavy atom. The minimum absolute atomic E-state index is 0.0298. The number of carboxylic acid groups (broad SMARTS) is 1. The lowest BCUT2D eigenvalue weighted by atomic mass is 10.2. The molecule has 0 aliphatic heterocycles. The first-order valence-corrected chi connectivity index (χ1v) is 5.05. The summed E-state index contributed by atoms with van der Waals surface area (Å²) in [5.74, 6) is -2.25. The molecule has 1 aromatic heterocycles. The van der Waals surface area contributed by atoms with Gasteiger partial charge in [0.1, 0.15) is 0 Å². The number of carboxylic acids is 1. The maximum absolute atomic E-state index is 12.6. The van der Waals surface area contributed by atoms with E-state index in [1.54, 1.807) is 13.8 Å². The zero-order chi connectivity index (χ0) is 13.2. The van der Waals surface area contributed by atoms with Crippen LogP contribution < -0.4 is 0 Å². The molecule has 0 amide bonds. The Kier molecular flexibility index (Phi) is 3.79.